The van der Waals surface area contributed by atoms with E-state index in [0.29, 0.717) is 6.42 Å². The lowest BCUT2D eigenvalue weighted by Gasteiger charge is -2.36. The molecule has 1 saturated heterocycles. The fourth-order valence-corrected chi connectivity index (χ4v) is 2.77. The summed E-state index contributed by atoms with van der Waals surface area (Å²) in [5, 5.41) is 20.6. The van der Waals surface area contributed by atoms with E-state index in [-0.39, 0.29) is 6.61 Å². The molecule has 3 rings (SSSR count). The molecular formula is C19H22O4. The minimum Gasteiger partial charge on any atom is -0.390 e. The van der Waals surface area contributed by atoms with Crippen molar-refractivity contribution in [3.8, 4) is 0 Å². The van der Waals surface area contributed by atoms with Gasteiger partial charge in [-0.1, -0.05) is 60.2 Å². The molecule has 4 heteroatoms. The Hall–Kier alpha value is -1.72. The Labute approximate surface area is 136 Å². The molecule has 122 valence electrons. The second-order valence-corrected chi connectivity index (χ2v) is 6.00. The van der Waals surface area contributed by atoms with Gasteiger partial charge in [-0.05, 0) is 12.5 Å². The Morgan fingerprint density at radius 2 is 1.78 bits per heavy atom. The van der Waals surface area contributed by atoms with Gasteiger partial charge in [-0.2, -0.15) is 0 Å². The third-order valence-corrected chi connectivity index (χ3v) is 4.09. The van der Waals surface area contributed by atoms with Gasteiger partial charge in [-0.25, -0.2) is 0 Å². The first-order valence-corrected chi connectivity index (χ1v) is 7.87. The van der Waals surface area contributed by atoms with Crippen LogP contribution in [-0.4, -0.2) is 35.1 Å². The number of ether oxygens (including phenoxy) is 2. The fraction of sp³-hybridized carbons (Fsp3) is 0.368. The summed E-state index contributed by atoms with van der Waals surface area (Å²) in [5.74, 6) is 0. The average Bonchev–Trinajstić information content (AvgIpc) is 2.58. The lowest BCUT2D eigenvalue weighted by Crippen LogP contribution is -2.48. The zero-order valence-electron chi connectivity index (χ0n) is 13.1. The third kappa shape index (κ3) is 3.98. The predicted octanol–water partition coefficient (Wildman–Crippen LogP) is 2.37. The summed E-state index contributed by atoms with van der Waals surface area (Å²) in [7, 11) is 0. The van der Waals surface area contributed by atoms with Crippen LogP contribution in [0, 0.1) is 6.92 Å². The van der Waals surface area contributed by atoms with Gasteiger partial charge in [0.1, 0.15) is 12.2 Å². The van der Waals surface area contributed by atoms with Crippen molar-refractivity contribution < 1.29 is 19.7 Å². The quantitative estimate of drug-likeness (QED) is 0.910. The summed E-state index contributed by atoms with van der Waals surface area (Å²) in [5.41, 5.74) is 3.07. The Kier molecular flexibility index (Phi) is 5.08. The first kappa shape index (κ1) is 16.1. The van der Waals surface area contributed by atoms with E-state index in [1.807, 2.05) is 61.5 Å². The molecule has 4 atom stereocenters. The molecule has 0 amide bonds. The molecule has 1 aliphatic heterocycles. The van der Waals surface area contributed by atoms with Crippen LogP contribution in [-0.2, 0) is 15.9 Å². The maximum atomic E-state index is 10.5. The van der Waals surface area contributed by atoms with E-state index >= 15 is 0 Å². The van der Waals surface area contributed by atoms with E-state index in [2.05, 4.69) is 0 Å². The van der Waals surface area contributed by atoms with Crippen LogP contribution >= 0.6 is 0 Å². The van der Waals surface area contributed by atoms with Crippen LogP contribution in [0.1, 0.15) is 23.0 Å². The number of aliphatic hydroxyl groups is 2. The summed E-state index contributed by atoms with van der Waals surface area (Å²) in [6.45, 7) is 2.17. The largest absolute Gasteiger partial charge is 0.390 e. The van der Waals surface area contributed by atoms with Crippen LogP contribution in [0.2, 0.25) is 0 Å². The number of benzene rings is 2. The molecule has 1 aliphatic rings. The highest BCUT2D eigenvalue weighted by molar-refractivity contribution is 5.22. The van der Waals surface area contributed by atoms with Crippen molar-refractivity contribution >= 4 is 0 Å². The molecule has 0 aliphatic carbocycles. The topological polar surface area (TPSA) is 58.9 Å². The maximum Gasteiger partial charge on any atom is 0.184 e. The van der Waals surface area contributed by atoms with E-state index in [1.54, 1.807) is 0 Å². The molecule has 2 N–H and O–H groups in total. The van der Waals surface area contributed by atoms with E-state index in [1.165, 1.54) is 5.56 Å². The van der Waals surface area contributed by atoms with Gasteiger partial charge in [0.05, 0.1) is 12.7 Å². The molecule has 1 fully saturated rings. The van der Waals surface area contributed by atoms with Crippen LogP contribution in [0.25, 0.3) is 0 Å². The number of hydrogen-bond acceptors (Lipinski definition) is 4. The molecule has 2 aromatic carbocycles. The molecular weight excluding hydrogens is 292 g/mol. The lowest BCUT2D eigenvalue weighted by molar-refractivity contribution is -0.275. The lowest BCUT2D eigenvalue weighted by atomic mass is 9.99. The Bertz CT molecular complexity index is 611. The average molecular weight is 314 g/mol. The van der Waals surface area contributed by atoms with Gasteiger partial charge in [-0.15, -0.1) is 0 Å². The second-order valence-electron chi connectivity index (χ2n) is 6.00. The first-order chi connectivity index (χ1) is 11.1. The van der Waals surface area contributed by atoms with Gasteiger partial charge < -0.3 is 19.7 Å². The van der Waals surface area contributed by atoms with Crippen molar-refractivity contribution in [3.05, 3.63) is 71.3 Å². The highest BCUT2D eigenvalue weighted by Crippen LogP contribution is 2.28. The predicted molar refractivity (Wildman–Crippen MR) is 86.9 cm³/mol. The SMILES string of the molecule is Cc1ccc(C[C@@H](O)C2OC(c3ccccc3)OCC2O)cc1. The van der Waals surface area contributed by atoms with Crippen LogP contribution in [0.15, 0.2) is 54.6 Å². The van der Waals surface area contributed by atoms with Crippen LogP contribution < -0.4 is 0 Å². The van der Waals surface area contributed by atoms with Gasteiger partial charge in [0.25, 0.3) is 0 Å². The van der Waals surface area contributed by atoms with Crippen LogP contribution in [0.3, 0.4) is 0 Å². The maximum absolute atomic E-state index is 10.5. The summed E-state index contributed by atoms with van der Waals surface area (Å²) < 4.78 is 11.4. The van der Waals surface area contributed by atoms with E-state index in [9.17, 15) is 10.2 Å². The van der Waals surface area contributed by atoms with Gasteiger partial charge >= 0.3 is 0 Å². The van der Waals surface area contributed by atoms with Crippen LogP contribution in [0.4, 0.5) is 0 Å². The van der Waals surface area contributed by atoms with Crippen molar-refractivity contribution in [2.45, 2.75) is 37.9 Å². The number of rotatable bonds is 4. The van der Waals surface area contributed by atoms with Crippen molar-refractivity contribution in [1.29, 1.82) is 0 Å². The summed E-state index contributed by atoms with van der Waals surface area (Å²) >= 11 is 0. The number of hydrogen-bond donors (Lipinski definition) is 2. The molecule has 23 heavy (non-hydrogen) atoms. The van der Waals surface area contributed by atoms with Crippen molar-refractivity contribution in [2.75, 3.05) is 6.61 Å². The molecule has 2 aromatic rings. The third-order valence-electron chi connectivity index (χ3n) is 4.09. The summed E-state index contributed by atoms with van der Waals surface area (Å²) in [6.07, 6.45) is -2.42. The highest BCUT2D eigenvalue weighted by atomic mass is 16.7. The van der Waals surface area contributed by atoms with Crippen molar-refractivity contribution in [1.82, 2.24) is 0 Å². The van der Waals surface area contributed by atoms with Gasteiger partial charge in [-0.3, -0.25) is 0 Å². The van der Waals surface area contributed by atoms with E-state index < -0.39 is 24.6 Å². The number of aliphatic hydroxyl groups excluding tert-OH is 2. The normalized spacial score (nSPS) is 26.0. The Morgan fingerprint density at radius 1 is 1.09 bits per heavy atom. The monoisotopic (exact) mass is 314 g/mol. The zero-order valence-corrected chi connectivity index (χ0v) is 13.1. The molecule has 1 heterocycles. The van der Waals surface area contributed by atoms with Crippen molar-refractivity contribution in [3.63, 3.8) is 0 Å². The zero-order chi connectivity index (χ0) is 16.2. The molecule has 3 unspecified atom stereocenters. The van der Waals surface area contributed by atoms with E-state index in [4.69, 9.17) is 9.47 Å². The molecule has 4 nitrogen and oxygen atoms in total. The Morgan fingerprint density at radius 3 is 2.48 bits per heavy atom. The molecule has 0 radical (unpaired) electrons. The van der Waals surface area contributed by atoms with Gasteiger partial charge in [0.2, 0.25) is 0 Å². The van der Waals surface area contributed by atoms with Gasteiger partial charge in [0, 0.05) is 12.0 Å². The molecule has 0 saturated carbocycles. The minimum absolute atomic E-state index is 0.148. The number of aryl methyl sites for hydroxylation is 1. The standard InChI is InChI=1S/C19H22O4/c1-13-7-9-14(10-8-13)11-16(20)18-17(21)12-22-19(23-18)15-5-3-2-4-6-15/h2-10,16-21H,11-12H2,1H3/t16-,17?,18?,19?/m1/s1. The smallest absolute Gasteiger partial charge is 0.184 e. The molecule has 0 bridgehead atoms. The minimum atomic E-state index is -0.838. The molecule has 0 spiro atoms. The fourth-order valence-electron chi connectivity index (χ4n) is 2.77. The summed E-state index contributed by atoms with van der Waals surface area (Å²) in [6, 6.07) is 17.5. The second kappa shape index (κ2) is 7.23. The Balaban J connectivity index is 1.68. The van der Waals surface area contributed by atoms with Crippen molar-refractivity contribution in [2.24, 2.45) is 0 Å². The van der Waals surface area contributed by atoms with Crippen LogP contribution in [0.5, 0.6) is 0 Å². The first-order valence-electron chi connectivity index (χ1n) is 7.87. The van der Waals surface area contributed by atoms with E-state index in [0.717, 1.165) is 11.1 Å². The summed E-state index contributed by atoms with van der Waals surface area (Å²) in [4.78, 5) is 0. The highest BCUT2D eigenvalue weighted by Gasteiger charge is 2.36. The van der Waals surface area contributed by atoms with Gasteiger partial charge in [0.15, 0.2) is 6.29 Å². The molecule has 0 aromatic heterocycles.